The number of fused-ring (bicyclic) bond motifs is 1. The molecular weight excluding hydrogens is 562 g/mol. The fourth-order valence-corrected chi connectivity index (χ4v) is 5.45. The monoisotopic (exact) mass is 601 g/mol. The highest BCUT2D eigenvalue weighted by atomic mass is 16.9. The summed E-state index contributed by atoms with van der Waals surface area (Å²) in [5.74, 6) is -7.52. The number of rotatable bonds is 14. The van der Waals surface area contributed by atoms with E-state index in [1.54, 1.807) is 13.8 Å². The van der Waals surface area contributed by atoms with Crippen LogP contribution in [0.3, 0.4) is 0 Å². The van der Waals surface area contributed by atoms with E-state index in [9.17, 15) is 34.8 Å². The number of aliphatic hydroxyl groups excluding tert-OH is 2. The number of carboxylic acid groups (broad SMARTS) is 1. The Bertz CT molecular complexity index is 1240. The maximum absolute atomic E-state index is 13.3. The molecule has 1 unspecified atom stereocenters. The van der Waals surface area contributed by atoms with Crippen molar-refractivity contribution in [1.29, 1.82) is 0 Å². The summed E-state index contributed by atoms with van der Waals surface area (Å²) in [6.07, 6.45) is -5.33. The van der Waals surface area contributed by atoms with Crippen LogP contribution in [0.1, 0.15) is 37.8 Å². The number of carbonyl (C=O) groups is 3. The van der Waals surface area contributed by atoms with Crippen molar-refractivity contribution in [2.75, 3.05) is 13.2 Å². The molecule has 2 saturated heterocycles. The molecule has 2 aromatic carbocycles. The average molecular weight is 602 g/mol. The van der Waals surface area contributed by atoms with Gasteiger partial charge in [-0.25, -0.2) is 0 Å². The van der Waals surface area contributed by atoms with Crippen LogP contribution in [0.5, 0.6) is 0 Å². The lowest BCUT2D eigenvalue weighted by molar-refractivity contribution is -0.301. The van der Waals surface area contributed by atoms with Crippen molar-refractivity contribution in [1.82, 2.24) is 5.32 Å². The van der Waals surface area contributed by atoms with Gasteiger partial charge in [0.15, 0.2) is 24.3 Å². The Morgan fingerprint density at radius 1 is 0.953 bits per heavy atom. The van der Waals surface area contributed by atoms with Gasteiger partial charge < -0.3 is 44.7 Å². The van der Waals surface area contributed by atoms with Crippen molar-refractivity contribution >= 4 is 17.8 Å². The van der Waals surface area contributed by atoms with E-state index in [0.29, 0.717) is 6.42 Å². The standard InChI is InChI=1S/C31H39NO11/c1-30(2)42-26-29(43-30)40-25(23(34)18-33)31(26,39)41-24(35)13-14-32-27(36)21(15-19-9-5-3-6-10-19)17-22(28(37)38)16-20-11-7-4-8-12-20/h3-12,21-23,25-26,29,33-34,39H,13-18H2,1-2H3,(H,32,36)(H,37,38)/t21-,22-,23-,25-,26+,29?,31+/m1/s1. The third-order valence-corrected chi connectivity index (χ3v) is 7.54. The second kappa shape index (κ2) is 13.9. The number of hydrogen-bond acceptors (Lipinski definition) is 10. The van der Waals surface area contributed by atoms with Crippen LogP contribution >= 0.6 is 0 Å². The van der Waals surface area contributed by atoms with E-state index in [0.717, 1.165) is 11.1 Å². The number of hydrogen-bond donors (Lipinski definition) is 5. The Hall–Kier alpha value is -3.39. The molecule has 12 nitrogen and oxygen atoms in total. The molecule has 4 rings (SSSR count). The molecule has 0 aliphatic carbocycles. The Labute approximate surface area is 249 Å². The van der Waals surface area contributed by atoms with Crippen LogP contribution in [0.15, 0.2) is 60.7 Å². The van der Waals surface area contributed by atoms with Crippen LogP contribution in [0.25, 0.3) is 0 Å². The van der Waals surface area contributed by atoms with Gasteiger partial charge in [0.1, 0.15) is 6.10 Å². The van der Waals surface area contributed by atoms with Crippen molar-refractivity contribution in [3.8, 4) is 0 Å². The number of ether oxygens (including phenoxy) is 4. The van der Waals surface area contributed by atoms with Crippen molar-refractivity contribution in [3.63, 3.8) is 0 Å². The van der Waals surface area contributed by atoms with E-state index in [1.165, 1.54) is 0 Å². The van der Waals surface area contributed by atoms with Crippen molar-refractivity contribution in [2.45, 2.75) is 75.7 Å². The number of amides is 1. The molecule has 0 spiro atoms. The van der Waals surface area contributed by atoms with Gasteiger partial charge >= 0.3 is 11.9 Å². The van der Waals surface area contributed by atoms with Gasteiger partial charge in [0, 0.05) is 12.5 Å². The van der Waals surface area contributed by atoms with Crippen molar-refractivity contribution < 1.29 is 53.8 Å². The van der Waals surface area contributed by atoms with E-state index in [-0.39, 0.29) is 25.8 Å². The molecule has 2 heterocycles. The number of benzene rings is 2. The van der Waals surface area contributed by atoms with Gasteiger partial charge in [-0.2, -0.15) is 0 Å². The van der Waals surface area contributed by atoms with Crippen LogP contribution in [-0.2, 0) is 46.2 Å². The minimum atomic E-state index is -2.47. The topological polar surface area (TPSA) is 181 Å². The molecule has 12 heteroatoms. The van der Waals surface area contributed by atoms with E-state index in [2.05, 4.69) is 5.32 Å². The van der Waals surface area contributed by atoms with Gasteiger partial charge in [0.05, 0.1) is 18.9 Å². The smallest absolute Gasteiger partial charge is 0.310 e. The zero-order chi connectivity index (χ0) is 31.2. The quantitative estimate of drug-likeness (QED) is 0.155. The van der Waals surface area contributed by atoms with Crippen molar-refractivity contribution in [3.05, 3.63) is 71.8 Å². The maximum atomic E-state index is 13.3. The molecule has 0 bridgehead atoms. The van der Waals surface area contributed by atoms with Crippen LogP contribution < -0.4 is 5.32 Å². The maximum Gasteiger partial charge on any atom is 0.310 e. The van der Waals surface area contributed by atoms with Gasteiger partial charge in [-0.15, -0.1) is 0 Å². The van der Waals surface area contributed by atoms with Crippen LogP contribution in [0.4, 0.5) is 0 Å². The first-order valence-electron chi connectivity index (χ1n) is 14.2. The predicted octanol–water partition coefficient (Wildman–Crippen LogP) is 1.15. The number of aliphatic hydroxyl groups is 3. The van der Waals surface area contributed by atoms with Crippen LogP contribution in [0, 0.1) is 11.8 Å². The molecule has 0 aromatic heterocycles. The average Bonchev–Trinajstić information content (AvgIpc) is 3.42. The van der Waals surface area contributed by atoms with E-state index in [1.807, 2.05) is 60.7 Å². The lowest BCUT2D eigenvalue weighted by atomic mass is 9.85. The first-order valence-corrected chi connectivity index (χ1v) is 14.2. The fourth-order valence-electron chi connectivity index (χ4n) is 5.45. The predicted molar refractivity (Wildman–Crippen MR) is 150 cm³/mol. The van der Waals surface area contributed by atoms with E-state index in [4.69, 9.17) is 18.9 Å². The first kappa shape index (κ1) is 32.5. The Morgan fingerprint density at radius 2 is 1.53 bits per heavy atom. The highest BCUT2D eigenvalue weighted by Crippen LogP contribution is 2.44. The molecule has 1 amide bonds. The Kier molecular flexibility index (Phi) is 10.5. The molecule has 7 atom stereocenters. The largest absolute Gasteiger partial charge is 0.481 e. The summed E-state index contributed by atoms with van der Waals surface area (Å²) >= 11 is 0. The number of aliphatic carboxylic acids is 1. The summed E-state index contributed by atoms with van der Waals surface area (Å²) in [4.78, 5) is 38.3. The van der Waals surface area contributed by atoms with E-state index >= 15 is 0 Å². The van der Waals surface area contributed by atoms with Crippen LogP contribution in [-0.4, -0.2) is 87.6 Å². The Morgan fingerprint density at radius 3 is 2.09 bits per heavy atom. The van der Waals surface area contributed by atoms with Crippen molar-refractivity contribution in [2.24, 2.45) is 11.8 Å². The number of nitrogens with one attached hydrogen (secondary N) is 1. The zero-order valence-electron chi connectivity index (χ0n) is 24.1. The Balaban J connectivity index is 1.39. The molecule has 2 fully saturated rings. The molecule has 234 valence electrons. The number of carboxylic acids is 1. The minimum absolute atomic E-state index is 0.0728. The number of esters is 1. The summed E-state index contributed by atoms with van der Waals surface area (Å²) in [5.41, 5.74) is 1.70. The summed E-state index contributed by atoms with van der Waals surface area (Å²) in [5, 5.41) is 43.5. The summed E-state index contributed by atoms with van der Waals surface area (Å²) < 4.78 is 22.1. The zero-order valence-corrected chi connectivity index (χ0v) is 24.1. The van der Waals surface area contributed by atoms with Gasteiger partial charge in [-0.3, -0.25) is 14.4 Å². The first-order chi connectivity index (χ1) is 20.4. The lowest BCUT2D eigenvalue weighted by Crippen LogP contribution is -2.57. The highest BCUT2D eigenvalue weighted by Gasteiger charge is 2.67. The third-order valence-electron chi connectivity index (χ3n) is 7.54. The molecule has 43 heavy (non-hydrogen) atoms. The molecule has 5 N–H and O–H groups in total. The second-order valence-corrected chi connectivity index (χ2v) is 11.3. The molecule has 2 aliphatic heterocycles. The summed E-state index contributed by atoms with van der Waals surface area (Å²) in [6, 6.07) is 18.4. The molecule has 2 aromatic rings. The lowest BCUT2D eigenvalue weighted by Gasteiger charge is -2.34. The minimum Gasteiger partial charge on any atom is -0.481 e. The fraction of sp³-hybridized carbons (Fsp3) is 0.516. The molecule has 2 aliphatic rings. The van der Waals surface area contributed by atoms with Gasteiger partial charge in [0.25, 0.3) is 5.79 Å². The normalized spacial score (nSPS) is 26.2. The third kappa shape index (κ3) is 8.17. The van der Waals surface area contributed by atoms with Gasteiger partial charge in [-0.05, 0) is 44.2 Å². The summed E-state index contributed by atoms with van der Waals surface area (Å²) in [6.45, 7) is 2.20. The molecule has 0 saturated carbocycles. The molecule has 0 radical (unpaired) electrons. The van der Waals surface area contributed by atoms with Crippen LogP contribution in [0.2, 0.25) is 0 Å². The number of carbonyl (C=O) groups excluding carboxylic acids is 2. The highest BCUT2D eigenvalue weighted by molar-refractivity contribution is 5.81. The SMILES string of the molecule is CC1(C)OC2O[C@H]([C@H](O)CO)[C@](O)(OC(=O)CCNC(=O)[C@H](Cc3ccccc3)C[C@@H](Cc3ccccc3)C(=O)O)[C@H]2O1. The van der Waals surface area contributed by atoms with E-state index < -0.39 is 72.5 Å². The summed E-state index contributed by atoms with van der Waals surface area (Å²) in [7, 11) is 0. The van der Waals surface area contributed by atoms with Gasteiger partial charge in [0.2, 0.25) is 5.91 Å². The van der Waals surface area contributed by atoms with Gasteiger partial charge in [-0.1, -0.05) is 60.7 Å². The molecular formula is C31H39NO11. The second-order valence-electron chi connectivity index (χ2n) is 11.3.